The Balaban J connectivity index is 2.49. The summed E-state index contributed by atoms with van der Waals surface area (Å²) >= 11 is 0. The molecular formula is C15H19NO5. The van der Waals surface area contributed by atoms with E-state index in [4.69, 9.17) is 9.84 Å². The lowest BCUT2D eigenvalue weighted by atomic mass is 10.1. The molecule has 0 aromatic heterocycles. The monoisotopic (exact) mass is 293 g/mol. The second kappa shape index (κ2) is 8.04. The minimum atomic E-state index is -1.27. The standard InChI is InChI=1S/C15H19NO5/c1-10(2)14(18)16-12(15(19)20)8-13(17)21-9-11-6-4-3-5-7-11/h3-7,10,12H,8-9H2,1-2H3,(H,16,18)(H,19,20)/t12-/m0/s1. The number of carbonyl (C=O) groups is 3. The Labute approximate surface area is 123 Å². The van der Waals surface area contributed by atoms with Crippen molar-refractivity contribution < 1.29 is 24.2 Å². The first-order valence-corrected chi connectivity index (χ1v) is 6.63. The summed E-state index contributed by atoms with van der Waals surface area (Å²) in [6.07, 6.45) is -0.402. The number of hydrogen-bond donors (Lipinski definition) is 2. The van der Waals surface area contributed by atoms with Crippen molar-refractivity contribution in [1.82, 2.24) is 5.32 Å². The van der Waals surface area contributed by atoms with E-state index >= 15 is 0 Å². The van der Waals surface area contributed by atoms with E-state index in [1.165, 1.54) is 0 Å². The quantitative estimate of drug-likeness (QED) is 0.740. The highest BCUT2D eigenvalue weighted by Crippen LogP contribution is 2.04. The number of carboxylic acids is 1. The van der Waals surface area contributed by atoms with E-state index in [1.807, 2.05) is 18.2 Å². The topological polar surface area (TPSA) is 92.7 Å². The first-order valence-electron chi connectivity index (χ1n) is 6.63. The number of nitrogens with one attached hydrogen (secondary N) is 1. The van der Waals surface area contributed by atoms with Crippen molar-refractivity contribution in [2.24, 2.45) is 5.92 Å². The third-order valence-corrected chi connectivity index (χ3v) is 2.75. The van der Waals surface area contributed by atoms with Gasteiger partial charge in [-0.25, -0.2) is 4.79 Å². The molecule has 0 radical (unpaired) electrons. The maximum absolute atomic E-state index is 11.6. The predicted octanol–water partition coefficient (Wildman–Crippen LogP) is 1.35. The first kappa shape index (κ1) is 16.7. The van der Waals surface area contributed by atoms with Gasteiger partial charge in [0.05, 0.1) is 6.42 Å². The van der Waals surface area contributed by atoms with Crippen LogP contribution in [0.4, 0.5) is 0 Å². The van der Waals surface area contributed by atoms with Crippen LogP contribution in [-0.2, 0) is 25.7 Å². The Morgan fingerprint density at radius 1 is 1.19 bits per heavy atom. The van der Waals surface area contributed by atoms with Gasteiger partial charge in [0.1, 0.15) is 12.6 Å². The molecule has 0 aliphatic carbocycles. The van der Waals surface area contributed by atoms with Crippen LogP contribution < -0.4 is 5.32 Å². The molecule has 1 aromatic carbocycles. The number of ether oxygens (including phenoxy) is 1. The number of aliphatic carboxylic acids is 1. The second-order valence-electron chi connectivity index (χ2n) is 4.90. The van der Waals surface area contributed by atoms with Gasteiger partial charge in [0, 0.05) is 5.92 Å². The fraction of sp³-hybridized carbons (Fsp3) is 0.400. The summed E-state index contributed by atoms with van der Waals surface area (Å²) in [7, 11) is 0. The number of benzene rings is 1. The predicted molar refractivity (Wildman–Crippen MR) is 75.3 cm³/mol. The van der Waals surface area contributed by atoms with Crippen LogP contribution in [0.1, 0.15) is 25.8 Å². The van der Waals surface area contributed by atoms with E-state index in [0.717, 1.165) is 5.56 Å². The number of esters is 1. The molecule has 0 spiro atoms. The summed E-state index contributed by atoms with van der Waals surface area (Å²) in [5.74, 6) is -2.71. The summed E-state index contributed by atoms with van der Waals surface area (Å²) < 4.78 is 5.00. The molecular weight excluding hydrogens is 274 g/mol. The summed E-state index contributed by atoms with van der Waals surface area (Å²) in [5, 5.41) is 11.3. The van der Waals surface area contributed by atoms with Gasteiger partial charge in [0.2, 0.25) is 5.91 Å². The lowest BCUT2D eigenvalue weighted by Gasteiger charge is -2.15. The molecule has 0 saturated carbocycles. The average molecular weight is 293 g/mol. The normalized spacial score (nSPS) is 11.8. The summed E-state index contributed by atoms with van der Waals surface area (Å²) in [4.78, 5) is 34.2. The lowest BCUT2D eigenvalue weighted by Crippen LogP contribution is -2.44. The fourth-order valence-corrected chi connectivity index (χ4v) is 1.50. The van der Waals surface area contributed by atoms with Crippen molar-refractivity contribution in [3.63, 3.8) is 0 Å². The van der Waals surface area contributed by atoms with Gasteiger partial charge in [-0.2, -0.15) is 0 Å². The van der Waals surface area contributed by atoms with Gasteiger partial charge < -0.3 is 15.2 Å². The molecule has 114 valence electrons. The van der Waals surface area contributed by atoms with Crippen LogP contribution in [0.5, 0.6) is 0 Å². The van der Waals surface area contributed by atoms with Crippen molar-refractivity contribution in [3.8, 4) is 0 Å². The molecule has 0 aliphatic heterocycles. The number of amides is 1. The molecule has 1 aromatic rings. The molecule has 21 heavy (non-hydrogen) atoms. The molecule has 1 amide bonds. The van der Waals surface area contributed by atoms with E-state index in [2.05, 4.69) is 5.32 Å². The van der Waals surface area contributed by atoms with Gasteiger partial charge in [-0.3, -0.25) is 9.59 Å². The Hall–Kier alpha value is -2.37. The van der Waals surface area contributed by atoms with E-state index in [1.54, 1.807) is 26.0 Å². The molecule has 1 atom stereocenters. The zero-order chi connectivity index (χ0) is 15.8. The van der Waals surface area contributed by atoms with Crippen molar-refractivity contribution in [2.45, 2.75) is 32.9 Å². The van der Waals surface area contributed by atoms with Crippen molar-refractivity contribution in [1.29, 1.82) is 0 Å². The average Bonchev–Trinajstić information content (AvgIpc) is 2.45. The maximum Gasteiger partial charge on any atom is 0.326 e. The Kier molecular flexibility index (Phi) is 6.39. The zero-order valence-corrected chi connectivity index (χ0v) is 12.0. The highest BCUT2D eigenvalue weighted by Gasteiger charge is 2.25. The van der Waals surface area contributed by atoms with Crippen LogP contribution in [0.2, 0.25) is 0 Å². The van der Waals surface area contributed by atoms with Gasteiger partial charge in [0.15, 0.2) is 0 Å². The molecule has 2 N–H and O–H groups in total. The SMILES string of the molecule is CC(C)C(=O)N[C@@H](CC(=O)OCc1ccccc1)C(=O)O. The second-order valence-corrected chi connectivity index (χ2v) is 4.90. The van der Waals surface area contributed by atoms with Crippen LogP contribution >= 0.6 is 0 Å². The Morgan fingerprint density at radius 3 is 2.33 bits per heavy atom. The Morgan fingerprint density at radius 2 is 1.81 bits per heavy atom. The van der Waals surface area contributed by atoms with Crippen LogP contribution in [0, 0.1) is 5.92 Å². The summed E-state index contributed by atoms with van der Waals surface area (Å²) in [5.41, 5.74) is 0.809. The van der Waals surface area contributed by atoms with Gasteiger partial charge in [-0.1, -0.05) is 44.2 Å². The molecule has 1 rings (SSSR count). The van der Waals surface area contributed by atoms with Gasteiger partial charge in [-0.15, -0.1) is 0 Å². The molecule has 0 bridgehead atoms. The Bertz CT molecular complexity index is 498. The molecule has 0 aliphatic rings. The zero-order valence-electron chi connectivity index (χ0n) is 12.0. The molecule has 0 saturated heterocycles. The molecule has 0 unspecified atom stereocenters. The van der Waals surface area contributed by atoms with Crippen LogP contribution in [-0.4, -0.2) is 29.0 Å². The minimum absolute atomic E-state index is 0.0736. The number of carboxylic acid groups (broad SMARTS) is 1. The highest BCUT2D eigenvalue weighted by atomic mass is 16.5. The molecule has 6 heteroatoms. The van der Waals surface area contributed by atoms with Crippen molar-refractivity contribution in [3.05, 3.63) is 35.9 Å². The van der Waals surface area contributed by atoms with E-state index in [-0.39, 0.29) is 12.5 Å². The van der Waals surface area contributed by atoms with E-state index < -0.39 is 30.3 Å². The van der Waals surface area contributed by atoms with Gasteiger partial charge in [-0.05, 0) is 5.56 Å². The third kappa shape index (κ3) is 6.07. The summed E-state index contributed by atoms with van der Waals surface area (Å²) in [6, 6.07) is 7.78. The smallest absolute Gasteiger partial charge is 0.326 e. The first-order chi connectivity index (χ1) is 9.90. The molecule has 0 heterocycles. The van der Waals surface area contributed by atoms with Crippen molar-refractivity contribution >= 4 is 17.8 Å². The molecule has 6 nitrogen and oxygen atoms in total. The van der Waals surface area contributed by atoms with E-state index in [0.29, 0.717) is 0 Å². The van der Waals surface area contributed by atoms with Crippen LogP contribution in [0.3, 0.4) is 0 Å². The number of carbonyl (C=O) groups excluding carboxylic acids is 2. The fourth-order valence-electron chi connectivity index (χ4n) is 1.50. The largest absolute Gasteiger partial charge is 0.480 e. The van der Waals surface area contributed by atoms with Gasteiger partial charge in [0.25, 0.3) is 0 Å². The van der Waals surface area contributed by atoms with Gasteiger partial charge >= 0.3 is 11.9 Å². The summed E-state index contributed by atoms with van der Waals surface area (Å²) in [6.45, 7) is 3.36. The lowest BCUT2D eigenvalue weighted by molar-refractivity contribution is -0.151. The maximum atomic E-state index is 11.6. The number of hydrogen-bond acceptors (Lipinski definition) is 4. The van der Waals surface area contributed by atoms with Crippen LogP contribution in [0.25, 0.3) is 0 Å². The molecule has 0 fully saturated rings. The van der Waals surface area contributed by atoms with Crippen molar-refractivity contribution in [2.75, 3.05) is 0 Å². The number of rotatable bonds is 7. The highest BCUT2D eigenvalue weighted by molar-refractivity contribution is 5.87. The third-order valence-electron chi connectivity index (χ3n) is 2.75. The van der Waals surface area contributed by atoms with E-state index in [9.17, 15) is 14.4 Å². The van der Waals surface area contributed by atoms with Crippen LogP contribution in [0.15, 0.2) is 30.3 Å². The minimum Gasteiger partial charge on any atom is -0.480 e.